The zero-order chi connectivity index (χ0) is 35.0. The predicted molar refractivity (Wildman–Crippen MR) is 193 cm³/mol. The van der Waals surface area contributed by atoms with Gasteiger partial charge in [0.05, 0.1) is 28.5 Å². The van der Waals surface area contributed by atoms with Crippen LogP contribution in [0.1, 0.15) is 106 Å². The van der Waals surface area contributed by atoms with Gasteiger partial charge in [-0.25, -0.2) is 0 Å². The van der Waals surface area contributed by atoms with E-state index in [4.69, 9.17) is 37.6 Å². The van der Waals surface area contributed by atoms with E-state index in [-0.39, 0.29) is 12.4 Å². The van der Waals surface area contributed by atoms with Gasteiger partial charge in [-0.15, -0.1) is 0 Å². The SMILES string of the molecule is CC(Oc1cccc(C(Oc2ccc(B3OC(C)(C)C(C)(C)O3)cc2)Oc2ccc(B3OC(C)(C)C(C)(C)O3)cc2)c1)OC1CCCCC1. The smallest absolute Gasteiger partial charge is 0.465 e. The first kappa shape index (κ1) is 35.8. The highest BCUT2D eigenvalue weighted by Gasteiger charge is 2.52. The van der Waals surface area contributed by atoms with E-state index >= 15 is 0 Å². The molecule has 262 valence electrons. The van der Waals surface area contributed by atoms with Crippen molar-refractivity contribution in [3.63, 3.8) is 0 Å². The van der Waals surface area contributed by atoms with Crippen molar-refractivity contribution in [1.82, 2.24) is 0 Å². The van der Waals surface area contributed by atoms with Gasteiger partial charge in [0.15, 0.2) is 6.29 Å². The maximum atomic E-state index is 6.53. The summed E-state index contributed by atoms with van der Waals surface area (Å²) in [6.45, 7) is 18.4. The van der Waals surface area contributed by atoms with E-state index in [9.17, 15) is 0 Å². The van der Waals surface area contributed by atoms with E-state index in [2.05, 4.69) is 55.4 Å². The monoisotopic (exact) mass is 670 g/mol. The topological polar surface area (TPSA) is 73.8 Å². The van der Waals surface area contributed by atoms with Crippen LogP contribution in [0.2, 0.25) is 0 Å². The summed E-state index contributed by atoms with van der Waals surface area (Å²) < 4.78 is 50.5. The van der Waals surface area contributed by atoms with Gasteiger partial charge in [-0.3, -0.25) is 0 Å². The standard InChI is InChI=1S/C39H52B2O8/c1-27(42-31-15-11-10-12-16-31)43-34-17-13-14-28(26-34)35(44-32-22-18-29(19-23-32)40-46-36(2,3)37(4,5)47-40)45-33-24-20-30(21-25-33)41-48-38(6,7)39(8,9)49-41/h13-14,17-27,31,35H,10-12,15-16H2,1-9H3. The Kier molecular flexibility index (Phi) is 10.2. The molecule has 3 aromatic carbocycles. The Morgan fingerprint density at radius 2 is 1.02 bits per heavy atom. The molecule has 8 nitrogen and oxygen atoms in total. The first-order valence-electron chi connectivity index (χ1n) is 17.8. The van der Waals surface area contributed by atoms with Crippen molar-refractivity contribution in [3.05, 3.63) is 78.4 Å². The fourth-order valence-electron chi connectivity index (χ4n) is 6.20. The Hall–Kier alpha value is -3.01. The van der Waals surface area contributed by atoms with Crippen molar-refractivity contribution in [2.75, 3.05) is 0 Å². The Morgan fingerprint density at radius 1 is 0.571 bits per heavy atom. The van der Waals surface area contributed by atoms with Gasteiger partial charge >= 0.3 is 14.2 Å². The Labute approximate surface area is 293 Å². The lowest BCUT2D eigenvalue weighted by Crippen LogP contribution is -2.41. The molecule has 0 aromatic heterocycles. The van der Waals surface area contributed by atoms with Gasteiger partial charge in [-0.05, 0) is 122 Å². The molecule has 2 aliphatic heterocycles. The minimum atomic E-state index is -0.775. The lowest BCUT2D eigenvalue weighted by atomic mass is 9.79. The van der Waals surface area contributed by atoms with Crippen molar-refractivity contribution >= 4 is 25.2 Å². The normalized spacial score (nSPS) is 21.9. The first-order valence-corrected chi connectivity index (χ1v) is 17.8. The third-order valence-corrected chi connectivity index (χ3v) is 10.7. The lowest BCUT2D eigenvalue weighted by Gasteiger charge is -2.32. The Balaban J connectivity index is 1.20. The van der Waals surface area contributed by atoms with Crippen LogP contribution in [0.5, 0.6) is 17.2 Å². The number of hydrogen-bond donors (Lipinski definition) is 0. The van der Waals surface area contributed by atoms with Gasteiger partial charge < -0.3 is 37.6 Å². The molecule has 3 aliphatic rings. The average Bonchev–Trinajstić information content (AvgIpc) is 3.41. The number of benzene rings is 3. The van der Waals surface area contributed by atoms with Gasteiger partial charge in [0.1, 0.15) is 17.2 Å². The number of ether oxygens (including phenoxy) is 4. The van der Waals surface area contributed by atoms with Crippen molar-refractivity contribution < 1.29 is 37.6 Å². The third-order valence-electron chi connectivity index (χ3n) is 10.7. The molecular formula is C39H52B2O8. The third kappa shape index (κ3) is 8.15. The zero-order valence-electron chi connectivity index (χ0n) is 30.6. The van der Waals surface area contributed by atoms with Gasteiger partial charge in [0, 0.05) is 5.56 Å². The van der Waals surface area contributed by atoms with E-state index in [1.165, 1.54) is 19.3 Å². The fourth-order valence-corrected chi connectivity index (χ4v) is 6.20. The van der Waals surface area contributed by atoms with Crippen LogP contribution in [0.25, 0.3) is 0 Å². The van der Waals surface area contributed by atoms with E-state index < -0.39 is 42.9 Å². The molecule has 6 rings (SSSR count). The molecule has 1 unspecified atom stereocenters. The van der Waals surface area contributed by atoms with Crippen molar-refractivity contribution in [2.24, 2.45) is 0 Å². The van der Waals surface area contributed by atoms with Crippen LogP contribution >= 0.6 is 0 Å². The molecular weight excluding hydrogens is 618 g/mol. The van der Waals surface area contributed by atoms with Gasteiger partial charge in [-0.1, -0.05) is 55.7 Å². The second-order valence-corrected chi connectivity index (χ2v) is 15.5. The van der Waals surface area contributed by atoms with Gasteiger partial charge in [-0.2, -0.15) is 0 Å². The molecule has 0 bridgehead atoms. The molecule has 0 amide bonds. The van der Waals surface area contributed by atoms with Crippen molar-refractivity contribution in [1.29, 1.82) is 0 Å². The molecule has 2 saturated heterocycles. The van der Waals surface area contributed by atoms with Crippen LogP contribution in [-0.2, 0) is 23.4 Å². The molecule has 3 fully saturated rings. The van der Waals surface area contributed by atoms with Gasteiger partial charge in [0.25, 0.3) is 6.29 Å². The van der Waals surface area contributed by atoms with Crippen LogP contribution in [0.3, 0.4) is 0 Å². The Bertz CT molecular complexity index is 1440. The van der Waals surface area contributed by atoms with E-state index in [0.29, 0.717) is 17.2 Å². The lowest BCUT2D eigenvalue weighted by molar-refractivity contribution is -0.117. The van der Waals surface area contributed by atoms with Crippen LogP contribution in [0.15, 0.2) is 72.8 Å². The summed E-state index contributed by atoms with van der Waals surface area (Å²) >= 11 is 0. The molecule has 0 N–H and O–H groups in total. The molecule has 0 radical (unpaired) electrons. The van der Waals surface area contributed by atoms with Crippen LogP contribution < -0.4 is 25.1 Å². The summed E-state index contributed by atoms with van der Waals surface area (Å²) in [4.78, 5) is 0. The molecule has 1 atom stereocenters. The second kappa shape index (κ2) is 14.0. The summed E-state index contributed by atoms with van der Waals surface area (Å²) in [5.74, 6) is 1.96. The van der Waals surface area contributed by atoms with Crippen LogP contribution in [-0.4, -0.2) is 49.0 Å². The highest BCUT2D eigenvalue weighted by molar-refractivity contribution is 6.62. The minimum Gasteiger partial charge on any atom is -0.465 e. The first-order chi connectivity index (χ1) is 23.1. The molecule has 2 heterocycles. The number of hydrogen-bond acceptors (Lipinski definition) is 8. The van der Waals surface area contributed by atoms with Crippen LogP contribution in [0, 0.1) is 0 Å². The maximum Gasteiger partial charge on any atom is 0.494 e. The summed E-state index contributed by atoms with van der Waals surface area (Å²) in [7, 11) is -0.916. The minimum absolute atomic E-state index is 0.242. The maximum absolute atomic E-state index is 6.53. The summed E-state index contributed by atoms with van der Waals surface area (Å²) in [5, 5.41) is 0. The quantitative estimate of drug-likeness (QED) is 0.153. The largest absolute Gasteiger partial charge is 0.494 e. The van der Waals surface area contributed by atoms with Crippen molar-refractivity contribution in [3.8, 4) is 17.2 Å². The molecule has 49 heavy (non-hydrogen) atoms. The molecule has 3 aromatic rings. The highest BCUT2D eigenvalue weighted by atomic mass is 16.7. The second-order valence-electron chi connectivity index (χ2n) is 15.5. The predicted octanol–water partition coefficient (Wildman–Crippen LogP) is 7.52. The van der Waals surface area contributed by atoms with E-state index in [1.807, 2.05) is 79.7 Å². The Morgan fingerprint density at radius 3 is 1.47 bits per heavy atom. The average molecular weight is 670 g/mol. The zero-order valence-corrected chi connectivity index (χ0v) is 30.6. The molecule has 10 heteroatoms. The van der Waals surface area contributed by atoms with Crippen molar-refractivity contribution in [2.45, 2.75) is 136 Å². The van der Waals surface area contributed by atoms with Crippen LogP contribution in [0.4, 0.5) is 0 Å². The summed E-state index contributed by atoms with van der Waals surface area (Å²) in [6.07, 6.45) is 4.95. The molecule has 1 saturated carbocycles. The highest BCUT2D eigenvalue weighted by Crippen LogP contribution is 2.38. The molecule has 0 spiro atoms. The fraction of sp³-hybridized carbons (Fsp3) is 0.538. The summed E-state index contributed by atoms with van der Waals surface area (Å²) in [5.41, 5.74) is 0.956. The van der Waals surface area contributed by atoms with E-state index in [0.717, 1.165) is 29.3 Å². The molecule has 1 aliphatic carbocycles. The van der Waals surface area contributed by atoms with E-state index in [1.54, 1.807) is 0 Å². The van der Waals surface area contributed by atoms with Gasteiger partial charge in [0.2, 0.25) is 0 Å². The summed E-state index contributed by atoms with van der Waals surface area (Å²) in [6, 6.07) is 23.3. The number of rotatable bonds is 11.